The van der Waals surface area contributed by atoms with Crippen molar-refractivity contribution in [2.75, 3.05) is 27.2 Å². The van der Waals surface area contributed by atoms with Gasteiger partial charge >= 0.3 is 0 Å². The van der Waals surface area contributed by atoms with Crippen molar-refractivity contribution >= 4 is 21.6 Å². The quantitative estimate of drug-likeness (QED) is 0.750. The van der Waals surface area contributed by atoms with E-state index in [1.54, 1.807) is 25.1 Å². The van der Waals surface area contributed by atoms with Gasteiger partial charge in [0.15, 0.2) is 0 Å². The molecule has 0 saturated heterocycles. The molecule has 7 heteroatoms. The standard InChI is InChI=1S/C17H23ClN2O3S/c1-13-11-15(18)6-8-17(13)24(21,22)20(10-9-19(3)4)12-16-7-5-14(2)23-16/h5-8,11H,9-10,12H2,1-4H3. The number of furan rings is 1. The molecule has 0 N–H and O–H groups in total. The highest BCUT2D eigenvalue weighted by molar-refractivity contribution is 7.89. The molecule has 0 fully saturated rings. The zero-order valence-corrected chi connectivity index (χ0v) is 16.0. The lowest BCUT2D eigenvalue weighted by molar-refractivity contribution is 0.310. The molecular formula is C17H23ClN2O3S. The summed E-state index contributed by atoms with van der Waals surface area (Å²) < 4.78 is 33.2. The number of sulfonamides is 1. The zero-order valence-electron chi connectivity index (χ0n) is 14.4. The summed E-state index contributed by atoms with van der Waals surface area (Å²) in [7, 11) is 0.179. The second-order valence-corrected chi connectivity index (χ2v) is 8.41. The molecule has 0 aliphatic rings. The minimum atomic E-state index is -3.65. The van der Waals surface area contributed by atoms with Crippen molar-refractivity contribution in [1.82, 2.24) is 9.21 Å². The van der Waals surface area contributed by atoms with Gasteiger partial charge in [-0.15, -0.1) is 0 Å². The Bertz CT molecular complexity index is 800. The molecule has 0 aliphatic heterocycles. The van der Waals surface area contributed by atoms with E-state index >= 15 is 0 Å². The summed E-state index contributed by atoms with van der Waals surface area (Å²) in [6, 6.07) is 8.46. The molecule has 0 saturated carbocycles. The summed E-state index contributed by atoms with van der Waals surface area (Å²) in [6.07, 6.45) is 0. The predicted octanol–water partition coefficient (Wildman–Crippen LogP) is 3.30. The van der Waals surface area contributed by atoms with Crippen molar-refractivity contribution in [3.63, 3.8) is 0 Å². The van der Waals surface area contributed by atoms with Gasteiger partial charge in [0.05, 0.1) is 11.4 Å². The van der Waals surface area contributed by atoms with Gasteiger partial charge in [-0.1, -0.05) is 11.6 Å². The van der Waals surface area contributed by atoms with Crippen LogP contribution in [0.1, 0.15) is 17.1 Å². The molecule has 2 rings (SSSR count). The highest BCUT2D eigenvalue weighted by atomic mass is 35.5. The largest absolute Gasteiger partial charge is 0.465 e. The summed E-state index contributed by atoms with van der Waals surface area (Å²) >= 11 is 5.95. The number of rotatable bonds is 7. The Labute approximate surface area is 148 Å². The van der Waals surface area contributed by atoms with Crippen LogP contribution >= 0.6 is 11.6 Å². The Balaban J connectivity index is 2.36. The molecule has 1 heterocycles. The van der Waals surface area contributed by atoms with Crippen LogP contribution in [0.5, 0.6) is 0 Å². The molecule has 0 spiro atoms. The number of likely N-dealkylation sites (N-methyl/N-ethyl adjacent to an activating group) is 1. The average Bonchev–Trinajstić information content (AvgIpc) is 2.88. The van der Waals surface area contributed by atoms with Crippen molar-refractivity contribution in [2.24, 2.45) is 0 Å². The number of hydrogen-bond acceptors (Lipinski definition) is 4. The van der Waals surface area contributed by atoms with E-state index in [0.717, 1.165) is 5.76 Å². The van der Waals surface area contributed by atoms with Gasteiger partial charge in [-0.25, -0.2) is 8.42 Å². The summed E-state index contributed by atoms with van der Waals surface area (Å²) in [4.78, 5) is 2.22. The predicted molar refractivity (Wildman–Crippen MR) is 95.8 cm³/mol. The maximum Gasteiger partial charge on any atom is 0.243 e. The Morgan fingerprint density at radius 2 is 1.79 bits per heavy atom. The Kier molecular flexibility index (Phi) is 6.09. The maximum atomic E-state index is 13.1. The molecule has 0 atom stereocenters. The van der Waals surface area contributed by atoms with E-state index in [2.05, 4.69) is 0 Å². The molecule has 0 bridgehead atoms. The number of benzene rings is 1. The molecule has 0 unspecified atom stereocenters. The number of halogens is 1. The van der Waals surface area contributed by atoms with Gasteiger partial charge in [0, 0.05) is 18.1 Å². The minimum absolute atomic E-state index is 0.200. The van der Waals surface area contributed by atoms with E-state index < -0.39 is 10.0 Å². The van der Waals surface area contributed by atoms with E-state index in [0.29, 0.717) is 29.4 Å². The normalized spacial score (nSPS) is 12.3. The molecule has 2 aromatic rings. The summed E-state index contributed by atoms with van der Waals surface area (Å²) in [5.41, 5.74) is 0.632. The first-order valence-corrected chi connectivity index (χ1v) is 9.48. The van der Waals surface area contributed by atoms with Gasteiger partial charge in [0.2, 0.25) is 10.0 Å². The van der Waals surface area contributed by atoms with Crippen LogP contribution in [0.3, 0.4) is 0 Å². The average molecular weight is 371 g/mol. The smallest absolute Gasteiger partial charge is 0.243 e. The summed E-state index contributed by atoms with van der Waals surface area (Å²) in [5, 5.41) is 0.521. The third-order valence-electron chi connectivity index (χ3n) is 3.68. The van der Waals surface area contributed by atoms with Crippen LogP contribution in [0.25, 0.3) is 0 Å². The van der Waals surface area contributed by atoms with Crippen LogP contribution in [0.4, 0.5) is 0 Å². The lowest BCUT2D eigenvalue weighted by Gasteiger charge is -2.24. The van der Waals surface area contributed by atoms with Crippen LogP contribution < -0.4 is 0 Å². The zero-order chi connectivity index (χ0) is 17.9. The lowest BCUT2D eigenvalue weighted by atomic mass is 10.2. The fourth-order valence-corrected chi connectivity index (χ4v) is 4.21. The van der Waals surface area contributed by atoms with Crippen LogP contribution in [-0.2, 0) is 16.6 Å². The van der Waals surface area contributed by atoms with Gasteiger partial charge in [0.1, 0.15) is 11.5 Å². The topological polar surface area (TPSA) is 53.8 Å². The number of hydrogen-bond donors (Lipinski definition) is 0. The number of nitrogens with zero attached hydrogens (tertiary/aromatic N) is 2. The van der Waals surface area contributed by atoms with E-state index in [1.165, 1.54) is 4.31 Å². The molecule has 0 radical (unpaired) electrons. The first-order valence-electron chi connectivity index (χ1n) is 7.66. The van der Waals surface area contributed by atoms with Crippen molar-refractivity contribution in [1.29, 1.82) is 0 Å². The van der Waals surface area contributed by atoms with Crippen LogP contribution in [-0.4, -0.2) is 44.8 Å². The van der Waals surface area contributed by atoms with E-state index in [4.69, 9.17) is 16.0 Å². The van der Waals surface area contributed by atoms with Gasteiger partial charge in [-0.05, 0) is 63.8 Å². The fraction of sp³-hybridized carbons (Fsp3) is 0.412. The maximum absolute atomic E-state index is 13.1. The first kappa shape index (κ1) is 19.0. The monoisotopic (exact) mass is 370 g/mol. The third-order valence-corrected chi connectivity index (χ3v) is 5.92. The van der Waals surface area contributed by atoms with Gasteiger partial charge < -0.3 is 9.32 Å². The van der Waals surface area contributed by atoms with Crippen LogP contribution in [0, 0.1) is 13.8 Å². The van der Waals surface area contributed by atoms with Crippen molar-refractivity contribution in [2.45, 2.75) is 25.3 Å². The molecule has 1 aromatic carbocycles. The summed E-state index contributed by atoms with van der Waals surface area (Å²) in [6.45, 7) is 4.78. The van der Waals surface area contributed by atoms with Crippen LogP contribution in [0.2, 0.25) is 5.02 Å². The third kappa shape index (κ3) is 4.60. The van der Waals surface area contributed by atoms with Gasteiger partial charge in [-0.3, -0.25) is 0 Å². The van der Waals surface area contributed by atoms with Crippen molar-refractivity contribution < 1.29 is 12.8 Å². The first-order chi connectivity index (χ1) is 11.2. The highest BCUT2D eigenvalue weighted by Gasteiger charge is 2.27. The van der Waals surface area contributed by atoms with Crippen molar-refractivity contribution in [3.05, 3.63) is 52.4 Å². The number of aryl methyl sites for hydroxylation is 2. The Morgan fingerprint density at radius 1 is 1.08 bits per heavy atom. The van der Waals surface area contributed by atoms with E-state index in [1.807, 2.05) is 38.1 Å². The Morgan fingerprint density at radius 3 is 2.33 bits per heavy atom. The molecule has 0 aliphatic carbocycles. The van der Waals surface area contributed by atoms with Crippen molar-refractivity contribution in [3.8, 4) is 0 Å². The van der Waals surface area contributed by atoms with Gasteiger partial charge in [0.25, 0.3) is 0 Å². The SMILES string of the molecule is Cc1ccc(CN(CCN(C)C)S(=O)(=O)c2ccc(Cl)cc2C)o1. The minimum Gasteiger partial charge on any atom is -0.465 e. The lowest BCUT2D eigenvalue weighted by Crippen LogP contribution is -2.36. The second-order valence-electron chi connectivity index (χ2n) is 6.06. The molecular weight excluding hydrogens is 348 g/mol. The Hall–Kier alpha value is -1.34. The summed E-state index contributed by atoms with van der Waals surface area (Å²) in [5.74, 6) is 1.39. The second kappa shape index (κ2) is 7.70. The highest BCUT2D eigenvalue weighted by Crippen LogP contribution is 2.24. The molecule has 132 valence electrons. The molecule has 1 aromatic heterocycles. The van der Waals surface area contributed by atoms with Crippen LogP contribution in [0.15, 0.2) is 39.6 Å². The van der Waals surface area contributed by atoms with E-state index in [-0.39, 0.29) is 11.4 Å². The molecule has 5 nitrogen and oxygen atoms in total. The van der Waals surface area contributed by atoms with Gasteiger partial charge in [-0.2, -0.15) is 4.31 Å². The molecule has 0 amide bonds. The van der Waals surface area contributed by atoms with E-state index in [9.17, 15) is 8.42 Å². The molecule has 24 heavy (non-hydrogen) atoms. The fourth-order valence-electron chi connectivity index (χ4n) is 2.38.